The van der Waals surface area contributed by atoms with Crippen molar-refractivity contribution in [3.63, 3.8) is 0 Å². The summed E-state index contributed by atoms with van der Waals surface area (Å²) in [6.45, 7) is 2.15. The van der Waals surface area contributed by atoms with Crippen molar-refractivity contribution in [2.45, 2.75) is 18.9 Å². The van der Waals surface area contributed by atoms with Crippen LogP contribution in [0.5, 0.6) is 23.0 Å². The Morgan fingerprint density at radius 3 is 1.88 bits per heavy atom. The van der Waals surface area contributed by atoms with E-state index < -0.39 is 6.10 Å². The van der Waals surface area contributed by atoms with Crippen LogP contribution in [-0.4, -0.2) is 42.8 Å². The summed E-state index contributed by atoms with van der Waals surface area (Å²) in [6.07, 6.45) is -0.459. The van der Waals surface area contributed by atoms with Crippen molar-refractivity contribution < 1.29 is 29.5 Å². The van der Waals surface area contributed by atoms with E-state index in [1.807, 2.05) is 6.92 Å². The van der Waals surface area contributed by atoms with Crippen LogP contribution in [0.2, 0.25) is 0 Å². The minimum absolute atomic E-state index is 0.0298. The number of aromatic hydroxyl groups is 2. The van der Waals surface area contributed by atoms with Crippen LogP contribution >= 0.6 is 0 Å². The van der Waals surface area contributed by atoms with Crippen LogP contribution < -0.4 is 9.47 Å². The quantitative estimate of drug-likeness (QED) is 0.680. The van der Waals surface area contributed by atoms with Crippen molar-refractivity contribution in [2.24, 2.45) is 0 Å². The molecule has 0 heterocycles. The lowest BCUT2D eigenvalue weighted by Crippen LogP contribution is -2.18. The third-order valence-electron chi connectivity index (χ3n) is 4.07. The van der Waals surface area contributed by atoms with Crippen LogP contribution in [0.1, 0.15) is 30.1 Å². The van der Waals surface area contributed by atoms with E-state index in [4.69, 9.17) is 14.2 Å². The Balaban J connectivity index is 2.46. The lowest BCUT2D eigenvalue weighted by molar-refractivity contribution is 0.0252. The Hall–Kier alpha value is -2.44. The van der Waals surface area contributed by atoms with Gasteiger partial charge in [0.15, 0.2) is 23.0 Å². The van der Waals surface area contributed by atoms with Crippen molar-refractivity contribution in [3.05, 3.63) is 47.5 Å². The van der Waals surface area contributed by atoms with E-state index in [-0.39, 0.29) is 24.0 Å². The number of aliphatic hydroxyl groups is 1. The summed E-state index contributed by atoms with van der Waals surface area (Å²) in [4.78, 5) is 0. The molecule has 6 heteroatoms. The zero-order valence-corrected chi connectivity index (χ0v) is 14.6. The first-order valence-electron chi connectivity index (χ1n) is 8.01. The Kier molecular flexibility index (Phi) is 6.50. The standard InChI is InChI=1S/C19H24O6/c1-4-25-19(13-6-8-16(22)18(10-13)24-3)14(11-20)12-5-7-15(21)17(9-12)23-2/h5-10,14,19-22H,4,11H2,1-3H3/t14-,19-/m1/s1. The third kappa shape index (κ3) is 4.15. The van der Waals surface area contributed by atoms with Crippen LogP contribution in [0, 0.1) is 0 Å². The molecule has 25 heavy (non-hydrogen) atoms. The second-order valence-electron chi connectivity index (χ2n) is 5.53. The van der Waals surface area contributed by atoms with Crippen LogP contribution in [0.15, 0.2) is 36.4 Å². The lowest BCUT2D eigenvalue weighted by Gasteiger charge is -2.27. The van der Waals surface area contributed by atoms with Crippen molar-refractivity contribution in [3.8, 4) is 23.0 Å². The molecule has 0 radical (unpaired) electrons. The van der Waals surface area contributed by atoms with E-state index in [9.17, 15) is 15.3 Å². The Bertz CT molecular complexity index is 700. The first kappa shape index (κ1) is 18.9. The van der Waals surface area contributed by atoms with Gasteiger partial charge in [0.25, 0.3) is 0 Å². The van der Waals surface area contributed by atoms with Crippen molar-refractivity contribution >= 4 is 0 Å². The van der Waals surface area contributed by atoms with Gasteiger partial charge in [0.05, 0.1) is 26.9 Å². The number of methoxy groups -OCH3 is 2. The smallest absolute Gasteiger partial charge is 0.160 e. The molecule has 0 saturated heterocycles. The van der Waals surface area contributed by atoms with E-state index in [1.54, 1.807) is 24.3 Å². The number of benzene rings is 2. The predicted molar refractivity (Wildman–Crippen MR) is 93.5 cm³/mol. The largest absolute Gasteiger partial charge is 0.504 e. The molecule has 6 nitrogen and oxygen atoms in total. The summed E-state index contributed by atoms with van der Waals surface area (Å²) >= 11 is 0. The van der Waals surface area contributed by atoms with Gasteiger partial charge in [0.1, 0.15) is 0 Å². The molecule has 2 atom stereocenters. The normalized spacial score (nSPS) is 13.3. The van der Waals surface area contributed by atoms with Gasteiger partial charge < -0.3 is 29.5 Å². The maximum atomic E-state index is 9.99. The average molecular weight is 348 g/mol. The van der Waals surface area contributed by atoms with E-state index in [0.717, 1.165) is 11.1 Å². The van der Waals surface area contributed by atoms with E-state index in [1.165, 1.54) is 26.4 Å². The molecule has 2 rings (SSSR count). The molecule has 2 aromatic carbocycles. The summed E-state index contributed by atoms with van der Waals surface area (Å²) < 4.78 is 16.2. The number of phenolic OH excluding ortho intramolecular Hbond substituents is 2. The topological polar surface area (TPSA) is 88.4 Å². The monoisotopic (exact) mass is 348 g/mol. The van der Waals surface area contributed by atoms with Gasteiger partial charge in [0, 0.05) is 12.5 Å². The van der Waals surface area contributed by atoms with Gasteiger partial charge in [-0.05, 0) is 42.3 Å². The van der Waals surface area contributed by atoms with E-state index in [2.05, 4.69) is 0 Å². The number of hydrogen-bond donors (Lipinski definition) is 3. The van der Waals surface area contributed by atoms with Gasteiger partial charge >= 0.3 is 0 Å². The molecule has 2 aromatic rings. The van der Waals surface area contributed by atoms with Crippen molar-refractivity contribution in [1.82, 2.24) is 0 Å². The van der Waals surface area contributed by atoms with Gasteiger partial charge in [-0.3, -0.25) is 0 Å². The number of phenols is 2. The number of rotatable bonds is 8. The summed E-state index contributed by atoms with van der Waals surface area (Å²) in [5.74, 6) is 0.343. The fourth-order valence-electron chi connectivity index (χ4n) is 2.80. The zero-order valence-electron chi connectivity index (χ0n) is 14.6. The van der Waals surface area contributed by atoms with Crippen molar-refractivity contribution in [2.75, 3.05) is 27.4 Å². The number of aliphatic hydroxyl groups excluding tert-OH is 1. The lowest BCUT2D eigenvalue weighted by atomic mass is 9.89. The number of hydrogen-bond acceptors (Lipinski definition) is 6. The Morgan fingerprint density at radius 2 is 1.40 bits per heavy atom. The maximum absolute atomic E-state index is 9.99. The Labute approximate surface area is 147 Å². The molecule has 0 saturated carbocycles. The molecule has 0 aliphatic carbocycles. The van der Waals surface area contributed by atoms with Crippen LogP contribution in [-0.2, 0) is 4.74 Å². The molecular formula is C19H24O6. The summed E-state index contributed by atoms with van der Waals surface area (Å²) in [6, 6.07) is 9.89. The van der Waals surface area contributed by atoms with Gasteiger partial charge in [0.2, 0.25) is 0 Å². The molecule has 0 aliphatic heterocycles. The highest BCUT2D eigenvalue weighted by molar-refractivity contribution is 5.46. The fourth-order valence-corrected chi connectivity index (χ4v) is 2.80. The minimum Gasteiger partial charge on any atom is -0.504 e. The van der Waals surface area contributed by atoms with Crippen LogP contribution in [0.25, 0.3) is 0 Å². The van der Waals surface area contributed by atoms with E-state index >= 15 is 0 Å². The van der Waals surface area contributed by atoms with Crippen LogP contribution in [0.3, 0.4) is 0 Å². The SMILES string of the molecule is CCO[C@H](c1ccc(O)c(OC)c1)[C@H](CO)c1ccc(O)c(OC)c1. The second-order valence-corrected chi connectivity index (χ2v) is 5.53. The maximum Gasteiger partial charge on any atom is 0.160 e. The first-order valence-corrected chi connectivity index (χ1v) is 8.01. The minimum atomic E-state index is -0.459. The van der Waals surface area contributed by atoms with Gasteiger partial charge in [-0.25, -0.2) is 0 Å². The van der Waals surface area contributed by atoms with Gasteiger partial charge in [-0.1, -0.05) is 12.1 Å². The molecule has 0 amide bonds. The predicted octanol–water partition coefficient (Wildman–Crippen LogP) is 2.97. The highest BCUT2D eigenvalue weighted by Crippen LogP contribution is 2.39. The zero-order chi connectivity index (χ0) is 18.4. The summed E-state index contributed by atoms with van der Waals surface area (Å²) in [7, 11) is 2.94. The summed E-state index contributed by atoms with van der Waals surface area (Å²) in [5.41, 5.74) is 1.53. The summed E-state index contributed by atoms with van der Waals surface area (Å²) in [5, 5.41) is 29.6. The molecule has 0 aromatic heterocycles. The molecule has 0 unspecified atom stereocenters. The number of ether oxygens (including phenoxy) is 3. The van der Waals surface area contributed by atoms with Crippen molar-refractivity contribution in [1.29, 1.82) is 0 Å². The second kappa shape index (κ2) is 8.60. The molecule has 3 N–H and O–H groups in total. The van der Waals surface area contributed by atoms with E-state index in [0.29, 0.717) is 18.1 Å². The highest BCUT2D eigenvalue weighted by Gasteiger charge is 2.26. The molecule has 0 aliphatic rings. The first-order chi connectivity index (χ1) is 12.0. The molecule has 136 valence electrons. The highest BCUT2D eigenvalue weighted by atomic mass is 16.5. The van der Waals surface area contributed by atoms with Gasteiger partial charge in [-0.2, -0.15) is 0 Å². The third-order valence-corrected chi connectivity index (χ3v) is 4.07. The van der Waals surface area contributed by atoms with Crippen LogP contribution in [0.4, 0.5) is 0 Å². The molecular weight excluding hydrogens is 324 g/mol. The molecule has 0 bridgehead atoms. The van der Waals surface area contributed by atoms with Gasteiger partial charge in [-0.15, -0.1) is 0 Å². The molecule has 0 fully saturated rings. The molecule has 0 spiro atoms. The average Bonchev–Trinajstić information content (AvgIpc) is 2.63. The fraction of sp³-hybridized carbons (Fsp3) is 0.368. The Morgan fingerprint density at radius 1 is 0.880 bits per heavy atom.